The van der Waals surface area contributed by atoms with Crippen LogP contribution in [0.25, 0.3) is 0 Å². The van der Waals surface area contributed by atoms with Gasteiger partial charge in [0.05, 0.1) is 32.1 Å². The van der Waals surface area contributed by atoms with E-state index in [4.69, 9.17) is 19.0 Å². The van der Waals surface area contributed by atoms with Gasteiger partial charge in [-0.1, -0.05) is 41.6 Å². The van der Waals surface area contributed by atoms with E-state index >= 15 is 0 Å². The number of anilines is 1. The number of amides is 1. The summed E-state index contributed by atoms with van der Waals surface area (Å²) < 4.78 is 17.9. The molecule has 0 spiro atoms. The Morgan fingerprint density at radius 3 is 2.59 bits per heavy atom. The minimum atomic E-state index is -1.43. The second kappa shape index (κ2) is 10.9. The largest absolute Gasteiger partial charge is 0.389 e. The third kappa shape index (κ3) is 5.78. The smallest absolute Gasteiger partial charge is 0.285 e. The van der Waals surface area contributed by atoms with E-state index in [1.54, 1.807) is 32.2 Å². The van der Waals surface area contributed by atoms with Crippen molar-refractivity contribution in [3.63, 3.8) is 0 Å². The van der Waals surface area contributed by atoms with Crippen molar-refractivity contribution >= 4 is 17.4 Å². The first-order valence-corrected chi connectivity index (χ1v) is 10.7. The molecule has 3 aromatic rings. The van der Waals surface area contributed by atoms with Crippen molar-refractivity contribution in [3.8, 4) is 0 Å². The summed E-state index contributed by atoms with van der Waals surface area (Å²) in [4.78, 5) is 22.8. The molecule has 0 bridgehead atoms. The molecule has 2 aromatic heterocycles. The van der Waals surface area contributed by atoms with E-state index in [1.807, 2.05) is 30.3 Å². The molecular weight excluding hydrogens is 442 g/mol. The van der Waals surface area contributed by atoms with Gasteiger partial charge in [-0.25, -0.2) is 9.67 Å². The zero-order valence-electron chi connectivity index (χ0n) is 18.9. The summed E-state index contributed by atoms with van der Waals surface area (Å²) in [6.45, 7) is 2.91. The van der Waals surface area contributed by atoms with E-state index in [0.717, 1.165) is 5.56 Å². The maximum absolute atomic E-state index is 12.8. The van der Waals surface area contributed by atoms with Crippen LogP contribution in [-0.2, 0) is 37.5 Å². The molecule has 0 radical (unpaired) electrons. The van der Waals surface area contributed by atoms with Crippen molar-refractivity contribution in [1.82, 2.24) is 25.2 Å². The lowest BCUT2D eigenvalue weighted by Gasteiger charge is -2.30. The summed E-state index contributed by atoms with van der Waals surface area (Å²) in [6, 6.07) is 14.6. The highest BCUT2D eigenvalue weighted by molar-refractivity contribution is 6.10. The summed E-state index contributed by atoms with van der Waals surface area (Å²) in [5.74, 6) is -1.10. The van der Waals surface area contributed by atoms with Gasteiger partial charge in [-0.3, -0.25) is 4.79 Å². The second-order valence-electron chi connectivity index (χ2n) is 7.43. The van der Waals surface area contributed by atoms with Gasteiger partial charge in [0.2, 0.25) is 11.6 Å². The highest BCUT2D eigenvalue weighted by Crippen LogP contribution is 2.18. The van der Waals surface area contributed by atoms with Gasteiger partial charge in [-0.15, -0.1) is 5.10 Å². The number of benzene rings is 1. The van der Waals surface area contributed by atoms with Crippen molar-refractivity contribution < 1.29 is 23.8 Å². The summed E-state index contributed by atoms with van der Waals surface area (Å²) >= 11 is 0. The van der Waals surface area contributed by atoms with Crippen LogP contribution in [0.5, 0.6) is 0 Å². The lowest BCUT2D eigenvalue weighted by Crippen LogP contribution is -2.47. The van der Waals surface area contributed by atoms with Crippen LogP contribution in [0.4, 0.5) is 5.82 Å². The SMILES string of the molecule is Cn1nnnc1/C(=N\OCc1cccc(NC(=O)C2(C)OCCOCCO2)n1)c1ccccc1. The normalized spacial score (nSPS) is 16.4. The van der Waals surface area contributed by atoms with Gasteiger partial charge >= 0.3 is 0 Å². The molecule has 178 valence electrons. The molecule has 1 aromatic carbocycles. The fourth-order valence-electron chi connectivity index (χ4n) is 3.14. The number of ether oxygens (including phenoxy) is 3. The van der Waals surface area contributed by atoms with Crippen LogP contribution in [0.1, 0.15) is 24.0 Å². The molecule has 12 heteroatoms. The Hall–Kier alpha value is -3.74. The van der Waals surface area contributed by atoms with Gasteiger partial charge in [0.25, 0.3) is 5.91 Å². The van der Waals surface area contributed by atoms with E-state index in [-0.39, 0.29) is 19.8 Å². The number of nitrogens with one attached hydrogen (secondary N) is 1. The van der Waals surface area contributed by atoms with Crippen molar-refractivity contribution in [2.24, 2.45) is 12.2 Å². The highest BCUT2D eigenvalue weighted by atomic mass is 16.7. The van der Waals surface area contributed by atoms with Gasteiger partial charge in [-0.2, -0.15) is 0 Å². The molecule has 4 rings (SSSR count). The Morgan fingerprint density at radius 1 is 1.12 bits per heavy atom. The minimum Gasteiger partial charge on any atom is -0.389 e. The van der Waals surface area contributed by atoms with E-state index in [0.29, 0.717) is 36.3 Å². The first-order valence-electron chi connectivity index (χ1n) is 10.7. The predicted octanol–water partition coefficient (Wildman–Crippen LogP) is 1.29. The number of tetrazole rings is 1. The monoisotopic (exact) mass is 467 g/mol. The number of aryl methyl sites for hydroxylation is 1. The quantitative estimate of drug-likeness (QED) is 0.403. The van der Waals surface area contributed by atoms with Crippen LogP contribution in [0, 0.1) is 0 Å². The maximum atomic E-state index is 12.8. The standard InChI is InChI=1S/C22H25N7O5/c1-22(32-13-11-31-12-14-33-22)21(30)24-18-10-6-9-17(23-18)15-34-26-19(16-7-4-3-5-8-16)20-25-27-28-29(20)2/h3-10H,11-15H2,1-2H3,(H,23,24,30)/b26-19-. The number of rotatable bonds is 7. The number of aromatic nitrogens is 5. The third-order valence-electron chi connectivity index (χ3n) is 4.92. The number of carbonyl (C=O) groups is 1. The topological polar surface area (TPSA) is 135 Å². The molecule has 0 atom stereocenters. The van der Waals surface area contributed by atoms with Gasteiger partial charge in [0, 0.05) is 12.6 Å². The number of nitrogens with zero attached hydrogens (tertiary/aromatic N) is 6. The summed E-state index contributed by atoms with van der Waals surface area (Å²) in [5, 5.41) is 18.6. The molecule has 3 heterocycles. The average Bonchev–Trinajstić information content (AvgIpc) is 3.25. The highest BCUT2D eigenvalue weighted by Gasteiger charge is 2.36. The Kier molecular flexibility index (Phi) is 7.52. The van der Waals surface area contributed by atoms with Crippen LogP contribution in [0.3, 0.4) is 0 Å². The number of carbonyl (C=O) groups excluding carboxylic acids is 1. The minimum absolute atomic E-state index is 0.0624. The Morgan fingerprint density at radius 2 is 1.88 bits per heavy atom. The number of oxime groups is 1. The molecule has 1 aliphatic heterocycles. The maximum Gasteiger partial charge on any atom is 0.285 e. The molecule has 1 saturated heterocycles. The van der Waals surface area contributed by atoms with Gasteiger partial charge in [0.15, 0.2) is 12.3 Å². The summed E-state index contributed by atoms with van der Waals surface area (Å²) in [7, 11) is 1.72. The van der Waals surface area contributed by atoms with E-state index < -0.39 is 11.7 Å². The lowest BCUT2D eigenvalue weighted by atomic mass is 10.1. The van der Waals surface area contributed by atoms with Crippen molar-refractivity contribution in [1.29, 1.82) is 0 Å². The van der Waals surface area contributed by atoms with Crippen LogP contribution >= 0.6 is 0 Å². The number of pyridine rings is 1. The first kappa shape index (κ1) is 23.4. The fraction of sp³-hybridized carbons (Fsp3) is 0.364. The van der Waals surface area contributed by atoms with Crippen LogP contribution < -0.4 is 5.32 Å². The number of hydrogen-bond donors (Lipinski definition) is 1. The van der Waals surface area contributed by atoms with Crippen LogP contribution in [-0.4, -0.2) is 69.0 Å². The molecule has 1 aliphatic rings. The van der Waals surface area contributed by atoms with Crippen LogP contribution in [0.2, 0.25) is 0 Å². The predicted molar refractivity (Wildman–Crippen MR) is 120 cm³/mol. The molecule has 0 saturated carbocycles. The summed E-state index contributed by atoms with van der Waals surface area (Å²) in [6.07, 6.45) is 0. The van der Waals surface area contributed by atoms with Gasteiger partial charge in [-0.05, 0) is 29.5 Å². The fourth-order valence-corrected chi connectivity index (χ4v) is 3.14. The molecule has 0 aliphatic carbocycles. The van der Waals surface area contributed by atoms with Crippen molar-refractivity contribution in [2.45, 2.75) is 19.3 Å². The molecule has 12 nitrogen and oxygen atoms in total. The van der Waals surface area contributed by atoms with Gasteiger partial charge in [0.1, 0.15) is 5.82 Å². The molecular formula is C22H25N7O5. The first-order chi connectivity index (χ1) is 16.5. The Labute approximate surface area is 195 Å². The van der Waals surface area contributed by atoms with Crippen molar-refractivity contribution in [3.05, 3.63) is 65.6 Å². The molecule has 1 amide bonds. The van der Waals surface area contributed by atoms with E-state index in [2.05, 4.69) is 31.0 Å². The average molecular weight is 467 g/mol. The lowest BCUT2D eigenvalue weighted by molar-refractivity contribution is -0.237. The molecule has 1 fully saturated rings. The van der Waals surface area contributed by atoms with Crippen molar-refractivity contribution in [2.75, 3.05) is 31.7 Å². The van der Waals surface area contributed by atoms with E-state index in [1.165, 1.54) is 4.68 Å². The molecule has 0 unspecified atom stereocenters. The van der Waals surface area contributed by atoms with Gasteiger partial charge < -0.3 is 24.4 Å². The Bertz CT molecular complexity index is 1130. The molecule has 1 N–H and O–H groups in total. The zero-order valence-corrected chi connectivity index (χ0v) is 18.9. The number of hydrogen-bond acceptors (Lipinski definition) is 10. The summed E-state index contributed by atoms with van der Waals surface area (Å²) in [5.41, 5.74) is 1.84. The second-order valence-corrected chi connectivity index (χ2v) is 7.43. The molecule has 34 heavy (non-hydrogen) atoms. The zero-order chi connectivity index (χ0) is 23.8. The van der Waals surface area contributed by atoms with E-state index in [9.17, 15) is 4.79 Å². The van der Waals surface area contributed by atoms with Crippen LogP contribution in [0.15, 0.2) is 53.7 Å². The Balaban J connectivity index is 1.44. The third-order valence-corrected chi connectivity index (χ3v) is 4.92.